The molecule has 0 radical (unpaired) electrons. The van der Waals surface area contributed by atoms with E-state index in [0.717, 1.165) is 15.1 Å². The van der Waals surface area contributed by atoms with Crippen LogP contribution in [0.5, 0.6) is 0 Å². The average Bonchev–Trinajstić information content (AvgIpc) is 3.34. The summed E-state index contributed by atoms with van der Waals surface area (Å²) in [5.74, 6) is 0.575. The summed E-state index contributed by atoms with van der Waals surface area (Å²) in [5, 5.41) is 1.26. The number of fused-ring (bicyclic) bond motifs is 1. The predicted molar refractivity (Wildman–Crippen MR) is 112 cm³/mol. The van der Waals surface area contributed by atoms with Gasteiger partial charge in [-0.1, -0.05) is 22.9 Å². The van der Waals surface area contributed by atoms with E-state index in [4.69, 9.17) is 16.0 Å². The van der Waals surface area contributed by atoms with Crippen molar-refractivity contribution < 1.29 is 9.21 Å². The molecule has 2 aromatic carbocycles. The monoisotopic (exact) mass is 414 g/mol. The van der Waals surface area contributed by atoms with Crippen molar-refractivity contribution in [3.05, 3.63) is 77.2 Å². The molecule has 0 aliphatic heterocycles. The van der Waals surface area contributed by atoms with Gasteiger partial charge in [0, 0.05) is 15.5 Å². The average molecular weight is 415 g/mol. The van der Waals surface area contributed by atoms with Gasteiger partial charge in [0.1, 0.15) is 5.76 Å². The highest BCUT2D eigenvalue weighted by Crippen LogP contribution is 2.32. The molecule has 0 saturated heterocycles. The summed E-state index contributed by atoms with van der Waals surface area (Å²) in [7, 11) is 0. The highest BCUT2D eigenvalue weighted by molar-refractivity contribution is 7.98. The zero-order valence-electron chi connectivity index (χ0n) is 14.4. The molecule has 0 aliphatic carbocycles. The minimum absolute atomic E-state index is 0.121. The van der Waals surface area contributed by atoms with Crippen molar-refractivity contribution in [1.29, 1.82) is 0 Å². The van der Waals surface area contributed by atoms with Crippen LogP contribution in [-0.4, -0.2) is 17.1 Å². The third kappa shape index (κ3) is 3.88. The zero-order chi connectivity index (χ0) is 18.8. The number of thiazole rings is 1. The summed E-state index contributed by atoms with van der Waals surface area (Å²) in [4.78, 5) is 20.6. The van der Waals surface area contributed by atoms with Gasteiger partial charge in [-0.3, -0.25) is 9.69 Å². The van der Waals surface area contributed by atoms with Crippen LogP contribution in [0.4, 0.5) is 5.13 Å². The smallest absolute Gasteiger partial charge is 0.260 e. The van der Waals surface area contributed by atoms with Gasteiger partial charge in [0.25, 0.3) is 5.91 Å². The molecule has 136 valence electrons. The van der Waals surface area contributed by atoms with E-state index in [2.05, 4.69) is 4.98 Å². The second-order valence-corrected chi connectivity index (χ2v) is 8.13. The van der Waals surface area contributed by atoms with Gasteiger partial charge in [0.05, 0.1) is 23.0 Å². The molecule has 0 fully saturated rings. The number of carbonyl (C=O) groups is 1. The standard InChI is InChI=1S/C20H15ClN2O2S2/c1-26-16-7-4-13(5-8-16)19(24)23(12-15-3-2-10-25-15)20-22-17-9-6-14(21)11-18(17)27-20/h2-11H,12H2,1H3. The van der Waals surface area contributed by atoms with E-state index in [-0.39, 0.29) is 5.91 Å². The van der Waals surface area contributed by atoms with Crippen LogP contribution in [0.1, 0.15) is 16.1 Å². The third-order valence-corrected chi connectivity index (χ3v) is 6.07. The van der Waals surface area contributed by atoms with Gasteiger partial charge in [-0.25, -0.2) is 4.98 Å². The Kier molecular flexibility index (Phi) is 5.20. The van der Waals surface area contributed by atoms with Gasteiger partial charge in [0.2, 0.25) is 0 Å². The number of thioether (sulfide) groups is 1. The van der Waals surface area contributed by atoms with Crippen LogP contribution in [0.3, 0.4) is 0 Å². The van der Waals surface area contributed by atoms with E-state index in [9.17, 15) is 4.79 Å². The van der Waals surface area contributed by atoms with Crippen molar-refractivity contribution in [3.8, 4) is 0 Å². The number of carbonyl (C=O) groups excluding carboxylic acids is 1. The van der Waals surface area contributed by atoms with Crippen molar-refractivity contribution in [2.24, 2.45) is 0 Å². The number of halogens is 1. The number of furan rings is 1. The first-order valence-corrected chi connectivity index (χ1v) is 10.6. The van der Waals surface area contributed by atoms with Gasteiger partial charge >= 0.3 is 0 Å². The van der Waals surface area contributed by atoms with E-state index in [1.807, 2.05) is 54.8 Å². The molecule has 4 rings (SSSR count). The van der Waals surface area contributed by atoms with E-state index in [1.54, 1.807) is 29.0 Å². The Balaban J connectivity index is 1.73. The van der Waals surface area contributed by atoms with Crippen molar-refractivity contribution in [2.75, 3.05) is 11.2 Å². The number of rotatable bonds is 5. The first-order valence-electron chi connectivity index (χ1n) is 8.18. The largest absolute Gasteiger partial charge is 0.467 e. The van der Waals surface area contributed by atoms with Gasteiger partial charge in [0.15, 0.2) is 5.13 Å². The number of amides is 1. The second kappa shape index (κ2) is 7.76. The molecule has 0 saturated carbocycles. The predicted octanol–water partition coefficient (Wildman–Crippen LogP) is 6.11. The summed E-state index contributed by atoms with van der Waals surface area (Å²) in [6, 6.07) is 16.8. The molecule has 0 aliphatic rings. The summed E-state index contributed by atoms with van der Waals surface area (Å²) >= 11 is 9.17. The minimum atomic E-state index is -0.121. The van der Waals surface area contributed by atoms with Crippen molar-refractivity contribution in [3.63, 3.8) is 0 Å². The van der Waals surface area contributed by atoms with E-state index in [0.29, 0.717) is 28.0 Å². The van der Waals surface area contributed by atoms with Crippen LogP contribution in [0.15, 0.2) is 70.2 Å². The molecule has 4 aromatic rings. The molecular weight excluding hydrogens is 400 g/mol. The molecule has 0 N–H and O–H groups in total. The Morgan fingerprint density at radius 1 is 1.22 bits per heavy atom. The van der Waals surface area contributed by atoms with Crippen LogP contribution >= 0.6 is 34.7 Å². The molecule has 7 heteroatoms. The van der Waals surface area contributed by atoms with E-state index in [1.165, 1.54) is 11.3 Å². The molecule has 0 unspecified atom stereocenters. The molecule has 2 aromatic heterocycles. The molecule has 1 amide bonds. The first-order chi connectivity index (χ1) is 13.1. The molecular formula is C20H15ClN2O2S2. The van der Waals surface area contributed by atoms with Crippen LogP contribution in [0, 0.1) is 0 Å². The maximum absolute atomic E-state index is 13.2. The lowest BCUT2D eigenvalue weighted by atomic mass is 10.2. The Labute approximate surface area is 169 Å². The maximum atomic E-state index is 13.2. The molecule has 4 nitrogen and oxygen atoms in total. The van der Waals surface area contributed by atoms with Crippen LogP contribution in [-0.2, 0) is 6.54 Å². The van der Waals surface area contributed by atoms with Crippen LogP contribution in [0.25, 0.3) is 10.2 Å². The molecule has 0 bridgehead atoms. The molecule has 0 atom stereocenters. The highest BCUT2D eigenvalue weighted by atomic mass is 35.5. The van der Waals surface area contributed by atoms with E-state index < -0.39 is 0 Å². The quantitative estimate of drug-likeness (QED) is 0.369. The maximum Gasteiger partial charge on any atom is 0.260 e. The number of anilines is 1. The number of hydrogen-bond donors (Lipinski definition) is 0. The first kappa shape index (κ1) is 18.1. The molecule has 2 heterocycles. The fourth-order valence-electron chi connectivity index (χ4n) is 2.68. The molecule has 27 heavy (non-hydrogen) atoms. The Hall–Kier alpha value is -2.28. The van der Waals surface area contributed by atoms with Gasteiger partial charge in [-0.2, -0.15) is 0 Å². The Bertz CT molecular complexity index is 1080. The normalized spacial score (nSPS) is 11.0. The van der Waals surface area contributed by atoms with Crippen molar-refractivity contribution >= 4 is 56.0 Å². The van der Waals surface area contributed by atoms with Crippen LogP contribution < -0.4 is 4.90 Å². The molecule has 0 spiro atoms. The lowest BCUT2D eigenvalue weighted by Gasteiger charge is -2.19. The third-order valence-electron chi connectivity index (χ3n) is 4.05. The fraction of sp³-hybridized carbons (Fsp3) is 0.100. The van der Waals surface area contributed by atoms with Crippen molar-refractivity contribution in [2.45, 2.75) is 11.4 Å². The number of nitrogens with zero attached hydrogens (tertiary/aromatic N) is 2. The summed E-state index contributed by atoms with van der Waals surface area (Å²) < 4.78 is 6.40. The van der Waals surface area contributed by atoms with Gasteiger partial charge < -0.3 is 4.42 Å². The Morgan fingerprint density at radius 2 is 2.04 bits per heavy atom. The highest BCUT2D eigenvalue weighted by Gasteiger charge is 2.22. The number of benzene rings is 2. The number of aromatic nitrogens is 1. The van der Waals surface area contributed by atoms with Crippen LogP contribution in [0.2, 0.25) is 5.02 Å². The van der Waals surface area contributed by atoms with E-state index >= 15 is 0 Å². The second-order valence-electron chi connectivity index (χ2n) is 5.81. The topological polar surface area (TPSA) is 46.3 Å². The van der Waals surface area contributed by atoms with Gasteiger partial charge in [-0.15, -0.1) is 11.8 Å². The summed E-state index contributed by atoms with van der Waals surface area (Å²) in [6.45, 7) is 0.309. The summed E-state index contributed by atoms with van der Waals surface area (Å²) in [5.41, 5.74) is 1.42. The minimum Gasteiger partial charge on any atom is -0.467 e. The van der Waals surface area contributed by atoms with Gasteiger partial charge in [-0.05, 0) is 60.9 Å². The number of hydrogen-bond acceptors (Lipinski definition) is 5. The van der Waals surface area contributed by atoms with Crippen molar-refractivity contribution in [1.82, 2.24) is 4.98 Å². The SMILES string of the molecule is CSc1ccc(C(=O)N(Cc2ccco2)c2nc3ccc(Cl)cc3s2)cc1. The summed E-state index contributed by atoms with van der Waals surface area (Å²) in [6.07, 6.45) is 3.61. The fourth-order valence-corrected chi connectivity index (χ4v) is 4.32. The Morgan fingerprint density at radius 3 is 2.74 bits per heavy atom. The lowest BCUT2D eigenvalue weighted by molar-refractivity contribution is 0.0983. The zero-order valence-corrected chi connectivity index (χ0v) is 16.8. The lowest BCUT2D eigenvalue weighted by Crippen LogP contribution is -2.30.